The molecule has 3 aliphatic rings. The average molecular weight is 549 g/mol. The molecule has 0 unspecified atom stereocenters. The first-order valence-electron chi connectivity index (χ1n) is 15.1. The van der Waals surface area contributed by atoms with Crippen LogP contribution in [-0.4, -0.2) is 38.8 Å². The Morgan fingerprint density at radius 2 is 0.667 bits per heavy atom. The third-order valence-corrected chi connectivity index (χ3v) is 13.7. The van der Waals surface area contributed by atoms with Gasteiger partial charge >= 0.3 is 15.2 Å². The molecule has 0 amide bonds. The van der Waals surface area contributed by atoms with E-state index in [4.69, 9.17) is 18.1 Å². The average Bonchev–Trinajstić information content (AvgIpc) is 2.85. The van der Waals surface area contributed by atoms with E-state index in [0.717, 1.165) is 23.7 Å². The molecule has 0 aromatic heterocycles. The zero-order chi connectivity index (χ0) is 26.0. The summed E-state index contributed by atoms with van der Waals surface area (Å²) in [6, 6.07) is 0. The van der Waals surface area contributed by atoms with Crippen molar-refractivity contribution in [2.75, 3.05) is 38.8 Å². The highest BCUT2D eigenvalue weighted by atomic mass is 31.2. The van der Waals surface area contributed by atoms with Crippen LogP contribution in [0.2, 0.25) is 0 Å². The Hall–Kier alpha value is 0.300. The summed E-state index contributed by atoms with van der Waals surface area (Å²) in [7, 11) is -5.83. The quantitative estimate of drug-likeness (QED) is 0.202. The second kappa shape index (κ2) is 15.2. The van der Waals surface area contributed by atoms with Gasteiger partial charge in [-0.3, -0.25) is 9.13 Å². The molecule has 6 nitrogen and oxygen atoms in total. The van der Waals surface area contributed by atoms with Gasteiger partial charge in [-0.15, -0.1) is 0 Å². The molecule has 0 aromatic rings. The summed E-state index contributed by atoms with van der Waals surface area (Å²) in [4.78, 5) is 0. The van der Waals surface area contributed by atoms with Gasteiger partial charge in [-0.25, -0.2) is 0 Å². The number of rotatable bonds is 14. The lowest BCUT2D eigenvalue weighted by Crippen LogP contribution is -2.30. The fourth-order valence-electron chi connectivity index (χ4n) is 7.48. The first-order valence-corrected chi connectivity index (χ1v) is 18.5. The minimum atomic E-state index is -2.92. The molecule has 212 valence electrons. The Morgan fingerprint density at radius 1 is 0.444 bits per heavy atom. The summed E-state index contributed by atoms with van der Waals surface area (Å²) in [5.74, 6) is 4.43. The number of hydrogen-bond donors (Lipinski definition) is 0. The Kier molecular flexibility index (Phi) is 13.0. The van der Waals surface area contributed by atoms with Crippen LogP contribution in [-0.2, 0) is 27.2 Å². The fraction of sp³-hybridized carbons (Fsp3) is 1.00. The van der Waals surface area contributed by atoms with Gasteiger partial charge in [0, 0.05) is 0 Å². The molecule has 0 N–H and O–H groups in total. The van der Waals surface area contributed by atoms with Gasteiger partial charge in [0.05, 0.1) is 38.8 Å². The zero-order valence-corrected chi connectivity index (χ0v) is 25.3. The van der Waals surface area contributed by atoms with Crippen molar-refractivity contribution in [2.24, 2.45) is 35.5 Å². The van der Waals surface area contributed by atoms with Crippen LogP contribution in [0.3, 0.4) is 0 Å². The van der Waals surface area contributed by atoms with Gasteiger partial charge in [-0.05, 0) is 140 Å². The summed E-state index contributed by atoms with van der Waals surface area (Å²) >= 11 is 0. The molecule has 0 radical (unpaired) electrons. The second-order valence-electron chi connectivity index (χ2n) is 11.5. The first-order chi connectivity index (χ1) is 17.3. The lowest BCUT2D eigenvalue weighted by Gasteiger charge is -2.41. The maximum atomic E-state index is 12.9. The van der Waals surface area contributed by atoms with Crippen LogP contribution in [0.15, 0.2) is 0 Å². The fourth-order valence-corrected chi connectivity index (χ4v) is 11.6. The molecule has 3 rings (SSSR count). The van der Waals surface area contributed by atoms with Crippen molar-refractivity contribution in [1.29, 1.82) is 0 Å². The first kappa shape index (κ1) is 30.8. The lowest BCUT2D eigenvalue weighted by atomic mass is 9.65. The van der Waals surface area contributed by atoms with Gasteiger partial charge < -0.3 is 18.1 Å². The van der Waals surface area contributed by atoms with E-state index in [1.54, 1.807) is 0 Å². The zero-order valence-electron chi connectivity index (χ0n) is 23.5. The number of hydrogen-bond acceptors (Lipinski definition) is 6. The van der Waals surface area contributed by atoms with Crippen LogP contribution in [0.1, 0.15) is 105 Å². The molecular formula is C28H54O6P2. The van der Waals surface area contributed by atoms with Crippen LogP contribution < -0.4 is 0 Å². The SMILES string of the molecule is CCOP(=O)(CC1CCC(C2CCC(C3CCC(CP(=O)(OCC)OCC)CC3)CC2)CC1)OCC. The molecule has 3 saturated carbocycles. The molecule has 3 fully saturated rings. The summed E-state index contributed by atoms with van der Waals surface area (Å²) in [5, 5.41) is 0. The highest BCUT2D eigenvalue weighted by Gasteiger charge is 2.38. The van der Waals surface area contributed by atoms with Crippen molar-refractivity contribution < 1.29 is 27.2 Å². The highest BCUT2D eigenvalue weighted by molar-refractivity contribution is 7.54. The van der Waals surface area contributed by atoms with E-state index in [0.29, 0.717) is 50.6 Å². The molecule has 8 heteroatoms. The molecule has 0 aromatic carbocycles. The Labute approximate surface area is 221 Å². The minimum absolute atomic E-state index is 0.457. The van der Waals surface area contributed by atoms with E-state index in [9.17, 15) is 9.13 Å². The molecule has 36 heavy (non-hydrogen) atoms. The standard InChI is InChI=1S/C28H54O6P2/c1-5-31-35(29,32-6-2)21-23-9-13-25(14-10-23)27-17-19-28(20-18-27)26-15-11-24(12-16-26)22-36(30,33-7-3)34-8-4/h23-28H,5-22H2,1-4H3. The molecule has 3 aliphatic carbocycles. The Balaban J connectivity index is 1.37. The smallest absolute Gasteiger partial charge is 0.309 e. The lowest BCUT2D eigenvalue weighted by molar-refractivity contribution is 0.106. The van der Waals surface area contributed by atoms with Gasteiger partial charge in [0.1, 0.15) is 0 Å². The van der Waals surface area contributed by atoms with Crippen molar-refractivity contribution >= 4 is 15.2 Å². The summed E-state index contributed by atoms with van der Waals surface area (Å²) in [5.41, 5.74) is 0. The van der Waals surface area contributed by atoms with Crippen LogP contribution in [0.5, 0.6) is 0 Å². The predicted octanol–water partition coefficient (Wildman–Crippen LogP) is 8.94. The van der Waals surface area contributed by atoms with Crippen LogP contribution in [0.25, 0.3) is 0 Å². The summed E-state index contributed by atoms with van der Waals surface area (Å²) in [6.07, 6.45) is 16.6. The molecule has 0 bridgehead atoms. The normalized spacial score (nSPS) is 32.4. The molecule has 0 atom stereocenters. The van der Waals surface area contributed by atoms with Crippen LogP contribution in [0, 0.1) is 35.5 Å². The van der Waals surface area contributed by atoms with E-state index in [1.165, 1.54) is 77.0 Å². The summed E-state index contributed by atoms with van der Waals surface area (Å²) < 4.78 is 48.0. The van der Waals surface area contributed by atoms with Crippen molar-refractivity contribution in [3.8, 4) is 0 Å². The second-order valence-corrected chi connectivity index (χ2v) is 15.7. The molecule has 0 spiro atoms. The van der Waals surface area contributed by atoms with Crippen LogP contribution >= 0.6 is 15.2 Å². The van der Waals surface area contributed by atoms with Crippen molar-refractivity contribution in [1.82, 2.24) is 0 Å². The molecule has 0 saturated heterocycles. The van der Waals surface area contributed by atoms with E-state index >= 15 is 0 Å². The van der Waals surface area contributed by atoms with E-state index in [2.05, 4.69) is 0 Å². The minimum Gasteiger partial charge on any atom is -0.309 e. The van der Waals surface area contributed by atoms with Gasteiger partial charge in [-0.2, -0.15) is 0 Å². The van der Waals surface area contributed by atoms with Crippen molar-refractivity contribution in [3.05, 3.63) is 0 Å². The highest BCUT2D eigenvalue weighted by Crippen LogP contribution is 2.54. The van der Waals surface area contributed by atoms with E-state index < -0.39 is 15.2 Å². The monoisotopic (exact) mass is 548 g/mol. The van der Waals surface area contributed by atoms with Crippen molar-refractivity contribution in [2.45, 2.75) is 105 Å². The van der Waals surface area contributed by atoms with Gasteiger partial charge in [-0.1, -0.05) is 0 Å². The van der Waals surface area contributed by atoms with Gasteiger partial charge in [0.25, 0.3) is 0 Å². The predicted molar refractivity (Wildman–Crippen MR) is 148 cm³/mol. The Morgan fingerprint density at radius 3 is 0.889 bits per heavy atom. The maximum Gasteiger partial charge on any atom is 0.330 e. The third kappa shape index (κ3) is 9.20. The Bertz CT molecular complexity index is 627. The van der Waals surface area contributed by atoms with Crippen molar-refractivity contribution in [3.63, 3.8) is 0 Å². The molecular weight excluding hydrogens is 494 g/mol. The largest absolute Gasteiger partial charge is 0.330 e. The molecule has 0 aliphatic heterocycles. The maximum absolute atomic E-state index is 12.9. The van der Waals surface area contributed by atoms with Crippen LogP contribution in [0.4, 0.5) is 0 Å². The molecule has 0 heterocycles. The summed E-state index contributed by atoms with van der Waals surface area (Å²) in [6.45, 7) is 9.42. The van der Waals surface area contributed by atoms with Gasteiger partial charge in [0.2, 0.25) is 0 Å². The topological polar surface area (TPSA) is 71.1 Å². The van der Waals surface area contributed by atoms with Gasteiger partial charge in [0.15, 0.2) is 0 Å². The van der Waals surface area contributed by atoms with E-state index in [1.807, 2.05) is 27.7 Å². The van der Waals surface area contributed by atoms with E-state index in [-0.39, 0.29) is 0 Å². The third-order valence-electron chi connectivity index (χ3n) is 9.20.